The molecule has 0 aliphatic carbocycles. The number of likely N-dealkylation sites (tertiary alicyclic amines) is 1. The first-order valence-corrected chi connectivity index (χ1v) is 4.13. The van der Waals surface area contributed by atoms with Crippen molar-refractivity contribution in [1.29, 1.82) is 0 Å². The number of carboxylic acids is 1. The van der Waals surface area contributed by atoms with Crippen LogP contribution >= 0.6 is 0 Å². The fourth-order valence-electron chi connectivity index (χ4n) is 1.47. The maximum atomic E-state index is 10.5. The van der Waals surface area contributed by atoms with E-state index in [1.54, 1.807) is 0 Å². The van der Waals surface area contributed by atoms with E-state index >= 15 is 0 Å². The van der Waals surface area contributed by atoms with Gasteiger partial charge in [-0.15, -0.1) is 0 Å². The van der Waals surface area contributed by atoms with Gasteiger partial charge >= 0.3 is 70.9 Å². The number of hydrogen-bond donors (Lipinski definition) is 1. The van der Waals surface area contributed by atoms with E-state index in [0.29, 0.717) is 19.3 Å². The number of piperidine rings is 1. The molecule has 1 aliphatic heterocycles. The minimum atomic E-state index is -0.708. The number of nitrogens with zero attached hydrogens (tertiary/aromatic N) is 1. The molecule has 5 heteroatoms. The van der Waals surface area contributed by atoms with Crippen LogP contribution in [0.15, 0.2) is 0 Å². The van der Waals surface area contributed by atoms with E-state index in [2.05, 4.69) is 0 Å². The van der Waals surface area contributed by atoms with E-state index in [4.69, 9.17) is 5.11 Å². The summed E-state index contributed by atoms with van der Waals surface area (Å²) in [5, 5.41) is 8.67. The number of hydrogen-bond acceptors (Lipinski definition) is 3. The van der Waals surface area contributed by atoms with Crippen LogP contribution in [0.5, 0.6) is 0 Å². The molecule has 66 valence electrons. The summed E-state index contributed by atoms with van der Waals surface area (Å²) in [6.45, 7) is 1.46. The van der Waals surface area contributed by atoms with E-state index in [1.165, 1.54) is 0 Å². The Kier molecular flexibility index (Phi) is 3.40. The topological polar surface area (TPSA) is 57.6 Å². The average Bonchev–Trinajstić information content (AvgIpc) is 2.06. The van der Waals surface area contributed by atoms with Crippen molar-refractivity contribution in [3.8, 4) is 0 Å². The molecule has 1 N–H and O–H groups in total. The Morgan fingerprint density at radius 2 is 2.08 bits per heavy atom. The van der Waals surface area contributed by atoms with Crippen LogP contribution in [0.3, 0.4) is 0 Å². The number of carbonyl (C=O) groups is 1. The second-order valence-electron chi connectivity index (χ2n) is 3.08. The van der Waals surface area contributed by atoms with Crippen LogP contribution in [0.4, 0.5) is 0 Å². The van der Waals surface area contributed by atoms with Gasteiger partial charge in [0.05, 0.1) is 0 Å². The SMILES string of the molecule is O=BCN1CCC(C(=O)O)CC1. The van der Waals surface area contributed by atoms with Crippen LogP contribution in [0.1, 0.15) is 12.8 Å². The first kappa shape index (κ1) is 9.38. The van der Waals surface area contributed by atoms with E-state index in [1.807, 2.05) is 4.90 Å². The monoisotopic (exact) mass is 169 g/mol. The summed E-state index contributed by atoms with van der Waals surface area (Å²) in [6.07, 6.45) is 1.78. The maximum absolute atomic E-state index is 10.5. The van der Waals surface area contributed by atoms with Gasteiger partial charge in [0.1, 0.15) is 0 Å². The van der Waals surface area contributed by atoms with Crippen LogP contribution < -0.4 is 0 Å². The fourth-order valence-corrected chi connectivity index (χ4v) is 1.47. The van der Waals surface area contributed by atoms with Gasteiger partial charge in [-0.1, -0.05) is 0 Å². The van der Waals surface area contributed by atoms with E-state index in [9.17, 15) is 9.50 Å². The van der Waals surface area contributed by atoms with Gasteiger partial charge in [0, 0.05) is 0 Å². The van der Waals surface area contributed by atoms with Crippen molar-refractivity contribution in [3.05, 3.63) is 0 Å². The molecule has 1 aliphatic rings. The summed E-state index contributed by atoms with van der Waals surface area (Å²) in [5.74, 6) is -0.909. The summed E-state index contributed by atoms with van der Waals surface area (Å²) >= 11 is 0. The molecule has 0 aromatic rings. The molecule has 0 radical (unpaired) electrons. The van der Waals surface area contributed by atoms with E-state index in [-0.39, 0.29) is 5.92 Å². The first-order chi connectivity index (χ1) is 5.74. The van der Waals surface area contributed by atoms with Crippen molar-refractivity contribution in [2.45, 2.75) is 12.8 Å². The molecule has 0 spiro atoms. The summed E-state index contributed by atoms with van der Waals surface area (Å²) in [5.41, 5.74) is 0. The van der Waals surface area contributed by atoms with Gasteiger partial charge in [-0.2, -0.15) is 0 Å². The Bertz CT molecular complexity index is 177. The van der Waals surface area contributed by atoms with Crippen molar-refractivity contribution < 1.29 is 14.6 Å². The van der Waals surface area contributed by atoms with Gasteiger partial charge in [0.25, 0.3) is 0 Å². The molecule has 0 bridgehead atoms. The molecule has 1 fully saturated rings. The molecule has 0 aromatic heterocycles. The summed E-state index contributed by atoms with van der Waals surface area (Å²) < 4.78 is 10.1. The molecule has 0 amide bonds. The Balaban J connectivity index is 2.29. The van der Waals surface area contributed by atoms with Crippen molar-refractivity contribution in [2.75, 3.05) is 19.5 Å². The van der Waals surface area contributed by atoms with Gasteiger partial charge in [-0.25, -0.2) is 0 Å². The van der Waals surface area contributed by atoms with Crippen LogP contribution in [0, 0.1) is 5.92 Å². The van der Waals surface area contributed by atoms with Crippen molar-refractivity contribution in [1.82, 2.24) is 4.90 Å². The molecule has 1 saturated heterocycles. The fraction of sp³-hybridized carbons (Fsp3) is 0.857. The van der Waals surface area contributed by atoms with Gasteiger partial charge in [0.2, 0.25) is 0 Å². The molecule has 4 nitrogen and oxygen atoms in total. The zero-order valence-corrected chi connectivity index (χ0v) is 6.90. The average molecular weight is 169 g/mol. The molecule has 1 heterocycles. The van der Waals surface area contributed by atoms with Crippen molar-refractivity contribution in [2.24, 2.45) is 5.92 Å². The standard InChI is InChI=1S/C7H12BNO3/c10-7(11)6-1-3-9(4-2-6)5-8-12/h6H,1-5H2,(H,10,11). The third kappa shape index (κ3) is 2.41. The third-order valence-electron chi connectivity index (χ3n) is 2.27. The summed E-state index contributed by atoms with van der Waals surface area (Å²) in [4.78, 5) is 12.5. The van der Waals surface area contributed by atoms with Crippen LogP contribution in [-0.2, 0) is 9.50 Å². The zero-order chi connectivity index (χ0) is 8.97. The Morgan fingerprint density at radius 3 is 2.50 bits per heavy atom. The number of carboxylic acid groups (broad SMARTS) is 1. The van der Waals surface area contributed by atoms with Crippen LogP contribution in [-0.4, -0.2) is 42.7 Å². The Labute approximate surface area is 71.8 Å². The molecule has 0 saturated carbocycles. The van der Waals surface area contributed by atoms with E-state index < -0.39 is 5.97 Å². The number of rotatable bonds is 3. The molecule has 0 atom stereocenters. The second-order valence-corrected chi connectivity index (χ2v) is 3.08. The van der Waals surface area contributed by atoms with Gasteiger partial charge in [-0.3, -0.25) is 0 Å². The van der Waals surface area contributed by atoms with Crippen molar-refractivity contribution >= 4 is 13.1 Å². The second kappa shape index (κ2) is 4.35. The molecule has 1 rings (SSSR count). The van der Waals surface area contributed by atoms with Gasteiger partial charge < -0.3 is 0 Å². The molecular formula is C7H12BNO3. The van der Waals surface area contributed by atoms with Crippen molar-refractivity contribution in [3.63, 3.8) is 0 Å². The van der Waals surface area contributed by atoms with Crippen LogP contribution in [0.25, 0.3) is 0 Å². The minimum absolute atomic E-state index is 0.201. The third-order valence-corrected chi connectivity index (χ3v) is 2.27. The summed E-state index contributed by atoms with van der Waals surface area (Å²) in [7, 11) is 0.862. The normalized spacial score (nSPS) is 20.3. The molecule has 12 heavy (non-hydrogen) atoms. The van der Waals surface area contributed by atoms with Gasteiger partial charge in [0.15, 0.2) is 0 Å². The van der Waals surface area contributed by atoms with Gasteiger partial charge in [-0.05, 0) is 0 Å². The predicted octanol–water partition coefficient (Wildman–Crippen LogP) is -0.210. The summed E-state index contributed by atoms with van der Waals surface area (Å²) in [6, 6.07) is 0. The first-order valence-electron chi connectivity index (χ1n) is 4.13. The molecule has 0 unspecified atom stereocenters. The number of aliphatic carboxylic acids is 1. The quantitative estimate of drug-likeness (QED) is 0.594. The zero-order valence-electron chi connectivity index (χ0n) is 6.90. The predicted molar refractivity (Wildman–Crippen MR) is 43.2 cm³/mol. The molecule has 0 aromatic carbocycles. The van der Waals surface area contributed by atoms with E-state index in [0.717, 1.165) is 20.2 Å². The Hall–Kier alpha value is -0.705. The molecular weight excluding hydrogens is 157 g/mol. The van der Waals surface area contributed by atoms with Crippen LogP contribution in [0.2, 0.25) is 0 Å². The Morgan fingerprint density at radius 1 is 1.50 bits per heavy atom.